The van der Waals surface area contributed by atoms with Gasteiger partial charge in [0, 0.05) is 30.2 Å². The summed E-state index contributed by atoms with van der Waals surface area (Å²) in [5.74, 6) is -0.586. The third-order valence-corrected chi connectivity index (χ3v) is 6.17. The van der Waals surface area contributed by atoms with Crippen molar-refractivity contribution in [2.24, 2.45) is 0 Å². The molecule has 0 fully saturated rings. The number of hydrogen-bond acceptors (Lipinski definition) is 4. The van der Waals surface area contributed by atoms with Crippen LogP contribution in [0.4, 0.5) is 4.39 Å². The Balaban J connectivity index is 2.04. The van der Waals surface area contributed by atoms with Crippen LogP contribution in [0.5, 0.6) is 0 Å². The number of aromatic nitrogens is 1. The van der Waals surface area contributed by atoms with E-state index in [2.05, 4.69) is 4.98 Å². The molecule has 2 N–H and O–H groups in total. The third-order valence-electron chi connectivity index (χ3n) is 4.40. The predicted molar refractivity (Wildman–Crippen MR) is 98.4 cm³/mol. The van der Waals surface area contributed by atoms with Gasteiger partial charge in [0.1, 0.15) is 5.82 Å². The molecule has 26 heavy (non-hydrogen) atoms. The summed E-state index contributed by atoms with van der Waals surface area (Å²) in [7, 11) is -1.94. The van der Waals surface area contributed by atoms with Gasteiger partial charge in [0.2, 0.25) is 9.84 Å². The van der Waals surface area contributed by atoms with Crippen molar-refractivity contribution < 1.29 is 17.9 Å². The van der Waals surface area contributed by atoms with E-state index >= 15 is 0 Å². The van der Waals surface area contributed by atoms with E-state index in [-0.39, 0.29) is 16.4 Å². The standard InChI is InChI=1S/C19H21FN2O3S/c1-22(10-11-23)9-8-14-4-2-7-17-19(14)18(13-21-17)26(24,25)16-6-3-5-15(20)12-16/h2-7,12-13,21,23H,8-11H2,1H3. The Morgan fingerprint density at radius 2 is 1.92 bits per heavy atom. The summed E-state index contributed by atoms with van der Waals surface area (Å²) in [6.45, 7) is 1.31. The number of halogens is 1. The Bertz CT molecular complexity index is 1010. The lowest BCUT2D eigenvalue weighted by molar-refractivity contribution is 0.223. The first-order chi connectivity index (χ1) is 12.4. The minimum absolute atomic E-state index is 0.0643. The molecule has 138 valence electrons. The van der Waals surface area contributed by atoms with Gasteiger partial charge in [-0.2, -0.15) is 0 Å². The highest BCUT2D eigenvalue weighted by Gasteiger charge is 2.23. The minimum Gasteiger partial charge on any atom is -0.395 e. The smallest absolute Gasteiger partial charge is 0.208 e. The van der Waals surface area contributed by atoms with E-state index in [1.165, 1.54) is 24.4 Å². The summed E-state index contributed by atoms with van der Waals surface area (Å²) in [6.07, 6.45) is 2.10. The zero-order valence-corrected chi connectivity index (χ0v) is 15.3. The summed E-state index contributed by atoms with van der Waals surface area (Å²) in [4.78, 5) is 5.07. The molecule has 0 bridgehead atoms. The first kappa shape index (κ1) is 18.6. The number of aliphatic hydroxyl groups excluding tert-OH is 1. The number of nitrogens with one attached hydrogen (secondary N) is 1. The molecule has 3 rings (SSSR count). The van der Waals surface area contributed by atoms with Crippen molar-refractivity contribution in [3.8, 4) is 0 Å². The van der Waals surface area contributed by atoms with Crippen molar-refractivity contribution in [1.29, 1.82) is 0 Å². The van der Waals surface area contributed by atoms with E-state index in [1.807, 2.05) is 30.1 Å². The van der Waals surface area contributed by atoms with Gasteiger partial charge in [-0.1, -0.05) is 18.2 Å². The maximum Gasteiger partial charge on any atom is 0.208 e. The largest absolute Gasteiger partial charge is 0.395 e. The lowest BCUT2D eigenvalue weighted by Gasteiger charge is -2.15. The zero-order valence-electron chi connectivity index (χ0n) is 14.4. The Morgan fingerprint density at radius 3 is 2.65 bits per heavy atom. The molecule has 2 aromatic carbocycles. The highest BCUT2D eigenvalue weighted by atomic mass is 32.2. The maximum absolute atomic E-state index is 13.5. The molecule has 0 aliphatic carbocycles. The molecule has 7 heteroatoms. The molecule has 1 aromatic heterocycles. The van der Waals surface area contributed by atoms with Crippen LogP contribution in [0.15, 0.2) is 58.5 Å². The molecule has 0 amide bonds. The topological polar surface area (TPSA) is 73.4 Å². The highest BCUT2D eigenvalue weighted by Crippen LogP contribution is 2.31. The number of hydrogen-bond donors (Lipinski definition) is 2. The van der Waals surface area contributed by atoms with Crippen LogP contribution in [0, 0.1) is 5.82 Å². The Hall–Kier alpha value is -2.22. The minimum atomic E-state index is -3.84. The monoisotopic (exact) mass is 376 g/mol. The van der Waals surface area contributed by atoms with Gasteiger partial charge in [0.25, 0.3) is 0 Å². The van der Waals surface area contributed by atoms with Crippen molar-refractivity contribution in [3.63, 3.8) is 0 Å². The lowest BCUT2D eigenvalue weighted by atomic mass is 10.1. The molecule has 0 aliphatic rings. The Kier molecular flexibility index (Phi) is 5.41. The molecule has 0 aliphatic heterocycles. The summed E-state index contributed by atoms with van der Waals surface area (Å²) in [5.41, 5.74) is 1.62. The molecule has 3 aromatic rings. The predicted octanol–water partition coefficient (Wildman–Crippen LogP) is 2.61. The third kappa shape index (κ3) is 3.65. The van der Waals surface area contributed by atoms with Crippen LogP contribution in [0.2, 0.25) is 0 Å². The molecule has 0 atom stereocenters. The van der Waals surface area contributed by atoms with Crippen LogP contribution >= 0.6 is 0 Å². The van der Waals surface area contributed by atoms with Gasteiger partial charge in [-0.25, -0.2) is 12.8 Å². The van der Waals surface area contributed by atoms with Crippen LogP contribution in [0.25, 0.3) is 10.9 Å². The Labute approximate surface area is 152 Å². The fraction of sp³-hybridized carbons (Fsp3) is 0.263. The second-order valence-corrected chi connectivity index (χ2v) is 8.15. The first-order valence-electron chi connectivity index (χ1n) is 8.32. The molecule has 0 radical (unpaired) electrons. The number of H-pyrrole nitrogens is 1. The van der Waals surface area contributed by atoms with E-state index in [0.29, 0.717) is 24.9 Å². The fourth-order valence-electron chi connectivity index (χ4n) is 3.00. The number of nitrogens with zero attached hydrogens (tertiary/aromatic N) is 1. The number of fused-ring (bicyclic) bond motifs is 1. The van der Waals surface area contributed by atoms with E-state index in [9.17, 15) is 12.8 Å². The number of sulfone groups is 1. The number of aromatic amines is 1. The van der Waals surface area contributed by atoms with Crippen molar-refractivity contribution in [2.45, 2.75) is 16.2 Å². The van der Waals surface area contributed by atoms with Crippen molar-refractivity contribution >= 4 is 20.7 Å². The van der Waals surface area contributed by atoms with Gasteiger partial charge >= 0.3 is 0 Å². The van der Waals surface area contributed by atoms with Gasteiger partial charge in [0.05, 0.1) is 16.4 Å². The SMILES string of the molecule is CN(CCO)CCc1cccc2[nH]cc(S(=O)(=O)c3cccc(F)c3)c12. The molecule has 0 unspecified atom stereocenters. The van der Waals surface area contributed by atoms with Crippen LogP contribution in [-0.4, -0.2) is 50.2 Å². The Morgan fingerprint density at radius 1 is 1.15 bits per heavy atom. The molecular formula is C19H21FN2O3S. The van der Waals surface area contributed by atoms with Crippen LogP contribution in [0.1, 0.15) is 5.56 Å². The van der Waals surface area contributed by atoms with Gasteiger partial charge in [-0.3, -0.25) is 0 Å². The van der Waals surface area contributed by atoms with E-state index in [1.54, 1.807) is 0 Å². The molecule has 0 saturated carbocycles. The van der Waals surface area contributed by atoms with Crippen molar-refractivity contribution in [1.82, 2.24) is 9.88 Å². The average molecular weight is 376 g/mol. The maximum atomic E-state index is 13.5. The summed E-state index contributed by atoms with van der Waals surface area (Å²) in [6, 6.07) is 10.6. The number of benzene rings is 2. The number of aliphatic hydroxyl groups is 1. The second-order valence-electron chi connectivity index (χ2n) is 6.23. The summed E-state index contributed by atoms with van der Waals surface area (Å²) < 4.78 is 39.6. The number of likely N-dealkylation sites (N-methyl/N-ethyl adjacent to an activating group) is 1. The van der Waals surface area contributed by atoms with Gasteiger partial charge in [0.15, 0.2) is 0 Å². The van der Waals surface area contributed by atoms with E-state index in [4.69, 9.17) is 5.11 Å². The molecule has 5 nitrogen and oxygen atoms in total. The average Bonchev–Trinajstić information content (AvgIpc) is 3.06. The van der Waals surface area contributed by atoms with E-state index in [0.717, 1.165) is 17.1 Å². The van der Waals surface area contributed by atoms with Gasteiger partial charge in [-0.05, 0) is 43.3 Å². The lowest BCUT2D eigenvalue weighted by Crippen LogP contribution is -2.24. The van der Waals surface area contributed by atoms with Crippen LogP contribution in [0.3, 0.4) is 0 Å². The molecular weight excluding hydrogens is 355 g/mol. The van der Waals surface area contributed by atoms with Crippen molar-refractivity contribution in [2.75, 3.05) is 26.7 Å². The number of rotatable bonds is 7. The van der Waals surface area contributed by atoms with Crippen LogP contribution < -0.4 is 0 Å². The fourth-order valence-corrected chi connectivity index (χ4v) is 4.51. The van der Waals surface area contributed by atoms with Gasteiger partial charge in [-0.15, -0.1) is 0 Å². The molecule has 0 spiro atoms. The van der Waals surface area contributed by atoms with Gasteiger partial charge < -0.3 is 15.0 Å². The van der Waals surface area contributed by atoms with E-state index < -0.39 is 15.7 Å². The second kappa shape index (κ2) is 7.57. The zero-order chi connectivity index (χ0) is 18.7. The quantitative estimate of drug-likeness (QED) is 0.665. The normalized spacial score (nSPS) is 12.2. The van der Waals surface area contributed by atoms with Crippen molar-refractivity contribution in [3.05, 3.63) is 60.0 Å². The summed E-state index contributed by atoms with van der Waals surface area (Å²) in [5, 5.41) is 9.65. The molecule has 1 heterocycles. The highest BCUT2D eigenvalue weighted by molar-refractivity contribution is 7.91. The summed E-state index contributed by atoms with van der Waals surface area (Å²) >= 11 is 0. The van der Waals surface area contributed by atoms with Crippen LogP contribution in [-0.2, 0) is 16.3 Å². The molecule has 0 saturated heterocycles. The first-order valence-corrected chi connectivity index (χ1v) is 9.81.